The Labute approximate surface area is 143 Å². The van der Waals surface area contributed by atoms with E-state index in [0.29, 0.717) is 12.3 Å². The lowest BCUT2D eigenvalue weighted by atomic mass is 9.84. The summed E-state index contributed by atoms with van der Waals surface area (Å²) in [6.07, 6.45) is 5.70. The molecule has 2 aliphatic carbocycles. The van der Waals surface area contributed by atoms with Gasteiger partial charge in [-0.05, 0) is 75.0 Å². The minimum absolute atomic E-state index is 0.0552. The van der Waals surface area contributed by atoms with Crippen LogP contribution in [0.15, 0.2) is 16.7 Å². The first-order valence-corrected chi connectivity index (χ1v) is 9.16. The highest BCUT2D eigenvalue weighted by molar-refractivity contribution is 5.88. The van der Waals surface area contributed by atoms with E-state index in [0.717, 1.165) is 34.1 Å². The fourth-order valence-corrected chi connectivity index (χ4v) is 5.04. The number of fused-ring (bicyclic) bond motifs is 3. The average molecular weight is 326 g/mol. The first-order valence-electron chi connectivity index (χ1n) is 9.16. The number of carbonyl (C=O) groups is 1. The van der Waals surface area contributed by atoms with Crippen LogP contribution in [0.4, 0.5) is 0 Å². The van der Waals surface area contributed by atoms with Crippen molar-refractivity contribution in [2.24, 2.45) is 17.8 Å². The number of hydrogen-bond acceptors (Lipinski definition) is 3. The first kappa shape index (κ1) is 15.7. The maximum Gasteiger partial charge on any atom is 0.226 e. The molecule has 24 heavy (non-hydrogen) atoms. The Morgan fingerprint density at radius 1 is 1.33 bits per heavy atom. The van der Waals surface area contributed by atoms with Crippen LogP contribution < -0.4 is 5.32 Å². The number of carbonyl (C=O) groups excluding carboxylic acids is 1. The number of hydrogen-bond donors (Lipinski definition) is 1. The molecule has 0 radical (unpaired) electrons. The van der Waals surface area contributed by atoms with E-state index < -0.39 is 0 Å². The quantitative estimate of drug-likeness (QED) is 0.926. The van der Waals surface area contributed by atoms with E-state index in [-0.39, 0.29) is 11.9 Å². The Bertz CT molecular complexity index is 779. The van der Waals surface area contributed by atoms with Gasteiger partial charge < -0.3 is 9.84 Å². The molecule has 1 aromatic heterocycles. The zero-order valence-electron chi connectivity index (χ0n) is 14.8. The lowest BCUT2D eigenvalue weighted by Crippen LogP contribution is -2.40. The maximum absolute atomic E-state index is 12.5. The van der Waals surface area contributed by atoms with Gasteiger partial charge in [-0.2, -0.15) is 0 Å². The highest BCUT2D eigenvalue weighted by Crippen LogP contribution is 2.49. The van der Waals surface area contributed by atoms with Gasteiger partial charge in [-0.1, -0.05) is 17.6 Å². The van der Waals surface area contributed by atoms with E-state index in [9.17, 15) is 4.79 Å². The number of benzene rings is 1. The predicted octanol–water partition coefficient (Wildman–Crippen LogP) is 3.93. The van der Waals surface area contributed by atoms with E-state index in [4.69, 9.17) is 4.52 Å². The number of aromatic nitrogens is 1. The molecule has 4 atom stereocenters. The van der Waals surface area contributed by atoms with Crippen LogP contribution in [0, 0.1) is 31.6 Å². The van der Waals surface area contributed by atoms with Crippen LogP contribution in [0.3, 0.4) is 0 Å². The topological polar surface area (TPSA) is 55.1 Å². The second-order valence-corrected chi connectivity index (χ2v) is 7.96. The van der Waals surface area contributed by atoms with Crippen molar-refractivity contribution in [3.8, 4) is 0 Å². The fourth-order valence-electron chi connectivity index (χ4n) is 5.04. The highest BCUT2D eigenvalue weighted by atomic mass is 16.5. The van der Waals surface area contributed by atoms with E-state index in [2.05, 4.69) is 36.5 Å². The van der Waals surface area contributed by atoms with Crippen LogP contribution in [-0.4, -0.2) is 17.1 Å². The number of rotatable bonds is 4. The normalized spacial score (nSPS) is 26.9. The fraction of sp³-hybridized carbons (Fsp3) is 0.600. The molecule has 2 saturated carbocycles. The van der Waals surface area contributed by atoms with Crippen molar-refractivity contribution < 1.29 is 9.32 Å². The van der Waals surface area contributed by atoms with Crippen LogP contribution in [0.1, 0.15) is 49.4 Å². The van der Waals surface area contributed by atoms with Gasteiger partial charge in [-0.15, -0.1) is 0 Å². The first-order chi connectivity index (χ1) is 11.5. The Hall–Kier alpha value is -1.84. The Balaban J connectivity index is 1.45. The summed E-state index contributed by atoms with van der Waals surface area (Å²) in [5.41, 5.74) is 3.78. The van der Waals surface area contributed by atoms with Gasteiger partial charge >= 0.3 is 0 Å². The second kappa shape index (κ2) is 5.91. The van der Waals surface area contributed by atoms with Crippen LogP contribution >= 0.6 is 0 Å². The molecule has 4 heteroatoms. The van der Waals surface area contributed by atoms with Crippen molar-refractivity contribution in [2.75, 3.05) is 0 Å². The number of nitrogens with one attached hydrogen (secondary N) is 1. The number of amides is 1. The molecule has 0 aliphatic heterocycles. The molecule has 128 valence electrons. The summed E-state index contributed by atoms with van der Waals surface area (Å²) in [6.45, 7) is 6.24. The standard InChI is InChI=1S/C20H26N2O2/c1-11-6-12(2)20-17(7-11)18(22-24-20)10-19(23)21-13(3)16-9-14-4-5-15(16)8-14/h6-7,13-16H,4-5,8-10H2,1-3H3,(H,21,23). The highest BCUT2D eigenvalue weighted by Gasteiger charge is 2.42. The van der Waals surface area contributed by atoms with E-state index in [1.807, 2.05) is 6.92 Å². The Morgan fingerprint density at radius 3 is 2.88 bits per heavy atom. The molecule has 4 unspecified atom stereocenters. The molecular weight excluding hydrogens is 300 g/mol. The van der Waals surface area contributed by atoms with Gasteiger partial charge in [0, 0.05) is 11.4 Å². The van der Waals surface area contributed by atoms with Crippen molar-refractivity contribution in [1.29, 1.82) is 0 Å². The molecule has 4 rings (SSSR count). The Morgan fingerprint density at radius 2 is 2.17 bits per heavy atom. The molecule has 1 aromatic carbocycles. The van der Waals surface area contributed by atoms with Crippen LogP contribution in [-0.2, 0) is 11.2 Å². The van der Waals surface area contributed by atoms with E-state index in [1.54, 1.807) is 0 Å². The Kier molecular flexibility index (Phi) is 3.86. The molecular formula is C20H26N2O2. The zero-order chi connectivity index (χ0) is 16.8. The summed E-state index contributed by atoms with van der Waals surface area (Å²) in [5, 5.41) is 8.33. The molecule has 1 N–H and O–H groups in total. The molecule has 2 aromatic rings. The van der Waals surface area contributed by atoms with Gasteiger partial charge in [0.1, 0.15) is 5.69 Å². The van der Waals surface area contributed by atoms with Crippen LogP contribution in [0.2, 0.25) is 0 Å². The minimum Gasteiger partial charge on any atom is -0.356 e. The molecule has 1 heterocycles. The van der Waals surface area contributed by atoms with Crippen molar-refractivity contribution in [2.45, 2.75) is 58.9 Å². The largest absolute Gasteiger partial charge is 0.356 e. The third-order valence-electron chi connectivity index (χ3n) is 6.13. The minimum atomic E-state index is 0.0552. The molecule has 2 bridgehead atoms. The molecule has 0 saturated heterocycles. The molecule has 0 spiro atoms. The van der Waals surface area contributed by atoms with Gasteiger partial charge in [0.2, 0.25) is 5.91 Å². The molecule has 4 nitrogen and oxygen atoms in total. The third kappa shape index (κ3) is 2.72. The van der Waals surface area contributed by atoms with Crippen molar-refractivity contribution in [3.05, 3.63) is 29.0 Å². The number of aryl methyl sites for hydroxylation is 2. The zero-order valence-corrected chi connectivity index (χ0v) is 14.8. The second-order valence-electron chi connectivity index (χ2n) is 7.96. The van der Waals surface area contributed by atoms with Crippen LogP contribution in [0.25, 0.3) is 11.0 Å². The monoisotopic (exact) mass is 326 g/mol. The summed E-state index contributed by atoms with van der Waals surface area (Å²) >= 11 is 0. The maximum atomic E-state index is 12.5. The van der Waals surface area contributed by atoms with Gasteiger partial charge in [0.25, 0.3) is 0 Å². The van der Waals surface area contributed by atoms with Gasteiger partial charge in [-0.3, -0.25) is 4.79 Å². The van der Waals surface area contributed by atoms with Gasteiger partial charge in [0.15, 0.2) is 5.58 Å². The van der Waals surface area contributed by atoms with Crippen molar-refractivity contribution >= 4 is 16.9 Å². The predicted molar refractivity (Wildman–Crippen MR) is 93.7 cm³/mol. The van der Waals surface area contributed by atoms with E-state index in [1.165, 1.54) is 31.2 Å². The summed E-state index contributed by atoms with van der Waals surface area (Å²) < 4.78 is 5.45. The van der Waals surface area contributed by atoms with Crippen molar-refractivity contribution in [3.63, 3.8) is 0 Å². The average Bonchev–Trinajstić information content (AvgIpc) is 3.23. The van der Waals surface area contributed by atoms with Gasteiger partial charge in [-0.25, -0.2) is 0 Å². The number of nitrogens with zero attached hydrogens (tertiary/aromatic N) is 1. The molecule has 2 fully saturated rings. The lowest BCUT2D eigenvalue weighted by molar-refractivity contribution is -0.121. The summed E-state index contributed by atoms with van der Waals surface area (Å²) in [5.74, 6) is 2.44. The van der Waals surface area contributed by atoms with Gasteiger partial charge in [0.05, 0.1) is 6.42 Å². The lowest BCUT2D eigenvalue weighted by Gasteiger charge is -2.28. The van der Waals surface area contributed by atoms with Crippen LogP contribution in [0.5, 0.6) is 0 Å². The summed E-state index contributed by atoms with van der Waals surface area (Å²) in [6, 6.07) is 4.39. The SMILES string of the molecule is Cc1cc(C)c2onc(CC(=O)NC(C)C3CC4CCC3C4)c2c1. The molecule has 1 amide bonds. The van der Waals surface area contributed by atoms with E-state index >= 15 is 0 Å². The molecule has 2 aliphatic rings. The summed E-state index contributed by atoms with van der Waals surface area (Å²) in [4.78, 5) is 12.5. The third-order valence-corrected chi connectivity index (χ3v) is 6.13. The summed E-state index contributed by atoms with van der Waals surface area (Å²) in [7, 11) is 0. The smallest absolute Gasteiger partial charge is 0.226 e. The van der Waals surface area contributed by atoms with Crippen molar-refractivity contribution in [1.82, 2.24) is 10.5 Å².